The van der Waals surface area contributed by atoms with Gasteiger partial charge in [0.2, 0.25) is 7.51 Å². The second-order valence-corrected chi connectivity index (χ2v) is 19.5. The molecule has 4 N–H and O–H groups in total. The molecule has 0 unspecified atom stereocenters. The van der Waals surface area contributed by atoms with Gasteiger partial charge in [-0.1, -0.05) is 0 Å². The van der Waals surface area contributed by atoms with Gasteiger partial charge in [-0.2, -0.15) is 18.1 Å². The van der Waals surface area contributed by atoms with E-state index in [1.807, 2.05) is 0 Å². The van der Waals surface area contributed by atoms with E-state index in [4.69, 9.17) is 78.5 Å². The number of nitrogens with two attached hydrogens (primary N) is 2. The Morgan fingerprint density at radius 2 is 0.875 bits per heavy atom. The van der Waals surface area contributed by atoms with Crippen molar-refractivity contribution < 1.29 is 0 Å². The Bertz CT molecular complexity index is 387. The number of rotatable bonds is 0. The van der Waals surface area contributed by atoms with Crippen LogP contribution in [0.2, 0.25) is 0 Å². The van der Waals surface area contributed by atoms with E-state index < -0.39 is 25.2 Å². The minimum Gasteiger partial charge on any atom is -0.267 e. The molecule has 96 valence electrons. The molecule has 16 heavy (non-hydrogen) atoms. The number of hydrogen-bond donors (Lipinski definition) is 2. The summed E-state index contributed by atoms with van der Waals surface area (Å²) in [6.07, 6.45) is 0. The highest BCUT2D eigenvalue weighted by Gasteiger charge is 2.29. The molecule has 1 heterocycles. The van der Waals surface area contributed by atoms with Crippen molar-refractivity contribution in [1.82, 2.24) is 0 Å². The van der Waals surface area contributed by atoms with Crippen LogP contribution in [0.5, 0.6) is 0 Å². The lowest BCUT2D eigenvalue weighted by molar-refractivity contribution is 1.60. The van der Waals surface area contributed by atoms with Crippen LogP contribution in [0.4, 0.5) is 0 Å². The van der Waals surface area contributed by atoms with E-state index in [0.717, 1.165) is 0 Å². The maximum Gasteiger partial charge on any atom is 0.257 e. The third kappa shape index (κ3) is 5.70. The maximum atomic E-state index is 5.79. The minimum atomic E-state index is -3.22. The molecule has 16 heteroatoms. The molecule has 0 atom stereocenters. The average molecular weight is 425 g/mol. The van der Waals surface area contributed by atoms with E-state index in [9.17, 15) is 0 Å². The molecule has 0 amide bonds. The first-order valence-corrected chi connectivity index (χ1v) is 15.5. The van der Waals surface area contributed by atoms with Gasteiger partial charge in [0.25, 0.3) is 17.7 Å². The van der Waals surface area contributed by atoms with Gasteiger partial charge in [0.05, 0.1) is 0 Å². The van der Waals surface area contributed by atoms with Crippen molar-refractivity contribution >= 4 is 92.7 Å². The average Bonchev–Trinajstić information content (AvgIpc) is 1.67. The molecule has 6 nitrogen and oxygen atoms in total. The number of halogens is 6. The van der Waals surface area contributed by atoms with Crippen LogP contribution < -0.4 is 11.0 Å². The van der Waals surface area contributed by atoms with Gasteiger partial charge in [0.15, 0.2) is 0 Å². The predicted molar refractivity (Wildman–Crippen MR) is 80.9 cm³/mol. The van der Waals surface area contributed by atoms with Crippen LogP contribution in [0.1, 0.15) is 0 Å². The zero-order chi connectivity index (χ0) is 12.8. The molecule has 0 aromatic carbocycles. The summed E-state index contributed by atoms with van der Waals surface area (Å²) in [5.74, 6) is -9.65. The van der Waals surface area contributed by atoms with Gasteiger partial charge in [-0.05, 0) is 67.4 Å². The molecule has 1 aliphatic rings. The third-order valence-electron chi connectivity index (χ3n) is 0.932. The van der Waals surface area contributed by atoms with Crippen LogP contribution in [0.15, 0.2) is 18.1 Å². The Labute approximate surface area is 121 Å². The summed E-state index contributed by atoms with van der Waals surface area (Å²) in [5, 5.41) is 0. The fraction of sp³-hybridized carbons (Fsp3) is 0. The van der Waals surface area contributed by atoms with Gasteiger partial charge in [-0.3, -0.25) is 11.0 Å². The predicted octanol–water partition coefficient (Wildman–Crippen LogP) is 7.13. The van der Waals surface area contributed by atoms with Crippen LogP contribution in [-0.4, -0.2) is 0 Å². The van der Waals surface area contributed by atoms with E-state index >= 15 is 0 Å². The summed E-state index contributed by atoms with van der Waals surface area (Å²) >= 11 is 34.7. The Hall–Kier alpha value is 2.58. The lowest BCUT2D eigenvalue weighted by atomic mass is 13.8. The highest BCUT2D eigenvalue weighted by Crippen LogP contribution is 2.84. The van der Waals surface area contributed by atoms with Crippen LogP contribution in [-0.2, 0) is 0 Å². The largest absolute Gasteiger partial charge is 0.267 e. The molecule has 0 spiro atoms. The second kappa shape index (κ2) is 5.17. The van der Waals surface area contributed by atoms with E-state index in [0.29, 0.717) is 0 Å². The molecular weight excluding hydrogens is 421 g/mol. The summed E-state index contributed by atoms with van der Waals surface area (Å²) < 4.78 is 14.9. The summed E-state index contributed by atoms with van der Waals surface area (Å²) in [6.45, 7) is 0. The molecule has 0 aliphatic carbocycles. The Kier molecular flexibility index (Phi) is 5.37. The SMILES string of the molecule is NP1(N)=NP(Cl)(Cl)=NP(Cl)(Cl)=NP(Cl)(Cl)=N1. The van der Waals surface area contributed by atoms with Crippen LogP contribution in [0.25, 0.3) is 0 Å². The quantitative estimate of drug-likeness (QED) is 0.404. The molecule has 0 fully saturated rings. The molecule has 0 aromatic heterocycles. The molecule has 1 rings (SSSR count). The van der Waals surface area contributed by atoms with Gasteiger partial charge in [0, 0.05) is 0 Å². The van der Waals surface area contributed by atoms with Crippen LogP contribution in [0.3, 0.4) is 0 Å². The van der Waals surface area contributed by atoms with Gasteiger partial charge in [-0.25, -0.2) is 0 Å². The number of nitrogens with zero attached hydrogens (tertiary/aromatic N) is 4. The van der Waals surface area contributed by atoms with Gasteiger partial charge >= 0.3 is 0 Å². The number of hydrogen-bond acceptors (Lipinski definition) is 6. The summed E-state index contributed by atoms with van der Waals surface area (Å²) in [4.78, 5) is 0. The van der Waals surface area contributed by atoms with Gasteiger partial charge in [-0.15, -0.1) is 0 Å². The lowest BCUT2D eigenvalue weighted by Crippen LogP contribution is -2.01. The van der Waals surface area contributed by atoms with Crippen molar-refractivity contribution in [1.29, 1.82) is 0 Å². The topological polar surface area (TPSA) is 101 Å². The zero-order valence-corrected chi connectivity index (χ0v) is 15.1. The van der Waals surface area contributed by atoms with Gasteiger partial charge in [0.1, 0.15) is 0 Å². The van der Waals surface area contributed by atoms with E-state index in [-0.39, 0.29) is 0 Å². The fourth-order valence-electron chi connectivity index (χ4n) is 0.675. The van der Waals surface area contributed by atoms with Crippen molar-refractivity contribution in [2.75, 3.05) is 0 Å². The van der Waals surface area contributed by atoms with E-state index in [1.165, 1.54) is 0 Å². The second-order valence-electron chi connectivity index (χ2n) is 2.43. The lowest BCUT2D eigenvalue weighted by Gasteiger charge is -2.18. The van der Waals surface area contributed by atoms with Crippen molar-refractivity contribution in [2.45, 2.75) is 0 Å². The van der Waals surface area contributed by atoms with Crippen LogP contribution >= 0.6 is 92.7 Å². The van der Waals surface area contributed by atoms with Crippen molar-refractivity contribution in [2.24, 2.45) is 29.1 Å². The Morgan fingerprint density at radius 1 is 0.562 bits per heavy atom. The van der Waals surface area contributed by atoms with E-state index in [1.54, 1.807) is 0 Å². The van der Waals surface area contributed by atoms with Crippen molar-refractivity contribution in [3.8, 4) is 0 Å². The smallest absolute Gasteiger partial charge is 0.257 e. The first-order valence-electron chi connectivity index (χ1n) is 3.13. The fourth-order valence-corrected chi connectivity index (χ4v) is 20.8. The highest BCUT2D eigenvalue weighted by molar-refractivity contribution is 8.23. The molecule has 0 saturated heterocycles. The molecule has 1 aliphatic heterocycles. The van der Waals surface area contributed by atoms with Crippen molar-refractivity contribution in [3.05, 3.63) is 0 Å². The van der Waals surface area contributed by atoms with Crippen molar-refractivity contribution in [3.63, 3.8) is 0 Å². The minimum absolute atomic E-state index is 3.17. The monoisotopic (exact) mass is 422 g/mol. The molecular formula is H4Cl6N6P4. The Balaban J connectivity index is 3.67. The summed E-state index contributed by atoms with van der Waals surface area (Å²) in [5.41, 5.74) is 11.1. The molecule has 0 aromatic rings. The van der Waals surface area contributed by atoms with Crippen LogP contribution in [0, 0.1) is 0 Å². The molecule has 0 bridgehead atoms. The van der Waals surface area contributed by atoms with E-state index in [2.05, 4.69) is 18.1 Å². The zero-order valence-electron chi connectivity index (χ0n) is 7.00. The summed E-state index contributed by atoms with van der Waals surface area (Å²) in [7, 11) is -3.17. The van der Waals surface area contributed by atoms with Gasteiger partial charge < -0.3 is 0 Å². The first kappa shape index (κ1) is 16.6. The standard InChI is InChI=1S/Cl6H4N6P4/c1-13(2)9-14(3,4)11-16(7,8)12-15(5,6)10-13/h7-8H2. The summed E-state index contributed by atoms with van der Waals surface area (Å²) in [6, 6.07) is 0. The molecule has 0 saturated carbocycles. The first-order chi connectivity index (χ1) is 6.83. The maximum absolute atomic E-state index is 5.79. The molecule has 0 radical (unpaired) electrons. The normalized spacial score (nSPS) is 29.5. The Morgan fingerprint density at radius 3 is 1.31 bits per heavy atom. The highest BCUT2D eigenvalue weighted by atomic mass is 35.9. The third-order valence-corrected chi connectivity index (χ3v) is 15.7.